The first-order valence-electron chi connectivity index (χ1n) is 6.67. The number of carbonyl (C=O) groups excluding carboxylic acids is 2. The molecular weight excluding hydrogens is 256 g/mol. The average molecular weight is 276 g/mol. The van der Waals surface area contributed by atoms with E-state index >= 15 is 0 Å². The van der Waals surface area contributed by atoms with Gasteiger partial charge >= 0.3 is 0 Å². The van der Waals surface area contributed by atoms with Crippen LogP contribution in [0.25, 0.3) is 0 Å². The number of benzene rings is 1. The van der Waals surface area contributed by atoms with Gasteiger partial charge in [0.25, 0.3) is 0 Å². The molecule has 0 saturated carbocycles. The van der Waals surface area contributed by atoms with Crippen molar-refractivity contribution in [2.45, 2.75) is 24.9 Å². The Hall–Kier alpha value is -1.56. The third kappa shape index (κ3) is 2.65. The Balaban J connectivity index is 2.41. The topological polar surface area (TPSA) is 67.4 Å². The second kappa shape index (κ2) is 6.26. The van der Waals surface area contributed by atoms with Crippen molar-refractivity contribution in [1.82, 2.24) is 10.6 Å². The van der Waals surface area contributed by atoms with Crippen LogP contribution >= 0.6 is 0 Å². The number of aldehydes is 1. The molecule has 5 nitrogen and oxygen atoms in total. The summed E-state index contributed by atoms with van der Waals surface area (Å²) in [6, 6.07) is 7.45. The number of rotatable bonds is 6. The van der Waals surface area contributed by atoms with Crippen molar-refractivity contribution in [1.29, 1.82) is 0 Å². The van der Waals surface area contributed by atoms with E-state index in [9.17, 15) is 9.59 Å². The molecular formula is C15H20N2O3. The summed E-state index contributed by atoms with van der Waals surface area (Å²) < 4.78 is 5.17. The highest BCUT2D eigenvalue weighted by molar-refractivity contribution is 6.28. The predicted octanol–water partition coefficient (Wildman–Crippen LogP) is 0.514. The molecule has 2 N–H and O–H groups in total. The van der Waals surface area contributed by atoms with Crippen molar-refractivity contribution < 1.29 is 14.3 Å². The molecule has 2 rings (SSSR count). The van der Waals surface area contributed by atoms with Crippen LogP contribution in [0.15, 0.2) is 24.3 Å². The SMILES string of the molecule is COCCC1(c2ccc(C)cc2)NCNC1C(=O)C=O. The molecule has 1 heterocycles. The van der Waals surface area contributed by atoms with Crippen LogP contribution in [0.3, 0.4) is 0 Å². The van der Waals surface area contributed by atoms with E-state index in [-0.39, 0.29) is 0 Å². The Morgan fingerprint density at radius 3 is 2.75 bits per heavy atom. The molecule has 108 valence electrons. The van der Waals surface area contributed by atoms with Crippen LogP contribution < -0.4 is 10.6 Å². The van der Waals surface area contributed by atoms with E-state index in [1.807, 2.05) is 31.2 Å². The first-order valence-corrected chi connectivity index (χ1v) is 6.67. The number of hydrogen-bond acceptors (Lipinski definition) is 5. The Morgan fingerprint density at radius 1 is 1.45 bits per heavy atom. The number of hydrogen-bond donors (Lipinski definition) is 2. The van der Waals surface area contributed by atoms with Gasteiger partial charge in [0.1, 0.15) is 0 Å². The van der Waals surface area contributed by atoms with Crippen LogP contribution in [-0.4, -0.2) is 38.5 Å². The zero-order valence-electron chi connectivity index (χ0n) is 11.8. The average Bonchev–Trinajstić information content (AvgIpc) is 2.90. The Kier molecular flexibility index (Phi) is 4.65. The maximum Gasteiger partial charge on any atom is 0.214 e. The van der Waals surface area contributed by atoms with Gasteiger partial charge < -0.3 is 4.74 Å². The normalized spacial score (nSPS) is 25.6. The van der Waals surface area contributed by atoms with Crippen LogP contribution in [0, 0.1) is 6.92 Å². The molecule has 0 amide bonds. The Morgan fingerprint density at radius 2 is 2.15 bits per heavy atom. The van der Waals surface area contributed by atoms with Crippen molar-refractivity contribution in [3.63, 3.8) is 0 Å². The molecule has 1 aliphatic rings. The second-order valence-electron chi connectivity index (χ2n) is 5.09. The molecule has 0 aromatic heterocycles. The molecule has 0 spiro atoms. The molecule has 2 atom stereocenters. The van der Waals surface area contributed by atoms with Crippen molar-refractivity contribution in [3.05, 3.63) is 35.4 Å². The summed E-state index contributed by atoms with van der Waals surface area (Å²) in [5.74, 6) is -0.438. The fourth-order valence-electron chi connectivity index (χ4n) is 2.76. The zero-order chi connectivity index (χ0) is 14.6. The van der Waals surface area contributed by atoms with Crippen molar-refractivity contribution >= 4 is 12.1 Å². The predicted molar refractivity (Wildman–Crippen MR) is 75.3 cm³/mol. The molecule has 1 aliphatic heterocycles. The summed E-state index contributed by atoms with van der Waals surface area (Å²) in [6.07, 6.45) is 1.00. The van der Waals surface area contributed by atoms with E-state index in [1.54, 1.807) is 7.11 Å². The van der Waals surface area contributed by atoms with Crippen LogP contribution in [-0.2, 0) is 19.9 Å². The number of nitrogens with one attached hydrogen (secondary N) is 2. The highest BCUT2D eigenvalue weighted by Crippen LogP contribution is 2.32. The summed E-state index contributed by atoms with van der Waals surface area (Å²) >= 11 is 0. The van der Waals surface area contributed by atoms with Gasteiger partial charge in [-0.3, -0.25) is 20.2 Å². The number of ketones is 1. The number of methoxy groups -OCH3 is 1. The lowest BCUT2D eigenvalue weighted by Gasteiger charge is -2.34. The van der Waals surface area contributed by atoms with E-state index in [0.717, 1.165) is 11.1 Å². The van der Waals surface area contributed by atoms with Gasteiger partial charge in [0, 0.05) is 20.4 Å². The molecule has 0 aliphatic carbocycles. The van der Waals surface area contributed by atoms with Gasteiger partial charge in [-0.1, -0.05) is 29.8 Å². The molecule has 0 radical (unpaired) electrons. The first-order chi connectivity index (χ1) is 9.64. The first kappa shape index (κ1) is 14.8. The van der Waals surface area contributed by atoms with Crippen LogP contribution in [0.2, 0.25) is 0 Å². The van der Waals surface area contributed by atoms with Gasteiger partial charge in [0.15, 0.2) is 6.29 Å². The van der Waals surface area contributed by atoms with Gasteiger partial charge in [-0.15, -0.1) is 0 Å². The van der Waals surface area contributed by atoms with E-state index in [2.05, 4.69) is 10.6 Å². The monoisotopic (exact) mass is 276 g/mol. The summed E-state index contributed by atoms with van der Waals surface area (Å²) in [5.41, 5.74) is 1.55. The van der Waals surface area contributed by atoms with E-state index in [4.69, 9.17) is 4.74 Å². The number of aryl methyl sites for hydroxylation is 1. The van der Waals surface area contributed by atoms with Crippen LogP contribution in [0.1, 0.15) is 17.5 Å². The number of Topliss-reactive ketones (excluding diaryl/α,β-unsaturated/α-hetero) is 1. The maximum absolute atomic E-state index is 11.9. The summed E-state index contributed by atoms with van der Waals surface area (Å²) in [6.45, 7) is 3.01. The summed E-state index contributed by atoms with van der Waals surface area (Å²) in [7, 11) is 1.63. The molecule has 5 heteroatoms. The van der Waals surface area contributed by atoms with Crippen LogP contribution in [0.4, 0.5) is 0 Å². The Bertz CT molecular complexity index is 486. The lowest BCUT2D eigenvalue weighted by molar-refractivity contribution is -0.132. The van der Waals surface area contributed by atoms with Gasteiger partial charge in [-0.25, -0.2) is 0 Å². The highest BCUT2D eigenvalue weighted by atomic mass is 16.5. The smallest absolute Gasteiger partial charge is 0.214 e. The molecule has 20 heavy (non-hydrogen) atoms. The summed E-state index contributed by atoms with van der Waals surface area (Å²) in [5, 5.41) is 6.41. The van der Waals surface area contributed by atoms with Gasteiger partial charge in [0.2, 0.25) is 5.78 Å². The molecule has 1 saturated heterocycles. The number of ether oxygens (including phenoxy) is 1. The lowest BCUT2D eigenvalue weighted by Crippen LogP contribution is -2.51. The minimum absolute atomic E-state index is 0.389. The highest BCUT2D eigenvalue weighted by Gasteiger charge is 2.47. The fourth-order valence-corrected chi connectivity index (χ4v) is 2.76. The van der Waals surface area contributed by atoms with Crippen molar-refractivity contribution in [2.24, 2.45) is 0 Å². The minimum Gasteiger partial charge on any atom is -0.385 e. The molecule has 2 unspecified atom stereocenters. The minimum atomic E-state index is -0.596. The second-order valence-corrected chi connectivity index (χ2v) is 5.09. The van der Waals surface area contributed by atoms with Gasteiger partial charge in [-0.05, 0) is 18.9 Å². The third-order valence-corrected chi connectivity index (χ3v) is 3.87. The van der Waals surface area contributed by atoms with E-state index in [1.165, 1.54) is 0 Å². The Labute approximate surface area is 118 Å². The summed E-state index contributed by atoms with van der Waals surface area (Å²) in [4.78, 5) is 22.8. The van der Waals surface area contributed by atoms with Crippen LogP contribution in [0.5, 0.6) is 0 Å². The lowest BCUT2D eigenvalue weighted by atomic mass is 9.79. The zero-order valence-corrected chi connectivity index (χ0v) is 11.8. The van der Waals surface area contributed by atoms with E-state index < -0.39 is 17.4 Å². The quantitative estimate of drug-likeness (QED) is 0.585. The molecule has 1 aromatic carbocycles. The van der Waals surface area contributed by atoms with Crippen molar-refractivity contribution in [2.75, 3.05) is 20.4 Å². The van der Waals surface area contributed by atoms with Gasteiger partial charge in [-0.2, -0.15) is 0 Å². The maximum atomic E-state index is 11.9. The van der Waals surface area contributed by atoms with E-state index in [0.29, 0.717) is 26.0 Å². The largest absolute Gasteiger partial charge is 0.385 e. The van der Waals surface area contributed by atoms with Gasteiger partial charge in [0.05, 0.1) is 11.6 Å². The molecule has 1 aromatic rings. The standard InChI is InChI=1S/C15H20N2O3/c1-11-3-5-12(6-4-11)15(7-8-20-2)14(13(19)9-18)16-10-17-15/h3-6,9,14,16-17H,7-8,10H2,1-2H3. The third-order valence-electron chi connectivity index (χ3n) is 3.87. The fraction of sp³-hybridized carbons (Fsp3) is 0.467. The molecule has 1 fully saturated rings. The molecule has 0 bridgehead atoms. The van der Waals surface area contributed by atoms with Crippen molar-refractivity contribution in [3.8, 4) is 0 Å². The number of carbonyl (C=O) groups is 2.